The molecule has 26 heavy (non-hydrogen) atoms. The van der Waals surface area contributed by atoms with Gasteiger partial charge in [0.25, 0.3) is 0 Å². The van der Waals surface area contributed by atoms with Crippen LogP contribution in [0.2, 0.25) is 10.0 Å². The molecular weight excluding hydrogens is 379 g/mol. The van der Waals surface area contributed by atoms with Gasteiger partial charge in [-0.3, -0.25) is 0 Å². The van der Waals surface area contributed by atoms with Gasteiger partial charge in [-0.1, -0.05) is 35.3 Å². The van der Waals surface area contributed by atoms with Crippen molar-refractivity contribution in [3.63, 3.8) is 0 Å². The first kappa shape index (κ1) is 20.5. The number of hydrogen-bond acceptors (Lipinski definition) is 6. The third-order valence-corrected chi connectivity index (χ3v) is 4.91. The summed E-state index contributed by atoms with van der Waals surface area (Å²) in [6.45, 7) is 0. The third kappa shape index (κ3) is 3.64. The van der Waals surface area contributed by atoms with Crippen molar-refractivity contribution in [3.8, 4) is 23.0 Å². The Morgan fingerprint density at radius 2 is 1.00 bits per heavy atom. The van der Waals surface area contributed by atoms with Crippen LogP contribution in [-0.4, -0.2) is 28.4 Å². The molecule has 0 aliphatic carbocycles. The van der Waals surface area contributed by atoms with Crippen molar-refractivity contribution in [1.29, 1.82) is 0 Å². The zero-order valence-electron chi connectivity index (χ0n) is 15.0. The molecule has 0 aliphatic heterocycles. The Bertz CT molecular complexity index is 721. The van der Waals surface area contributed by atoms with E-state index in [0.717, 1.165) is 0 Å². The molecule has 0 spiro atoms. The van der Waals surface area contributed by atoms with Crippen LogP contribution in [0.5, 0.6) is 23.0 Å². The normalized spacial score (nSPS) is 13.1. The summed E-state index contributed by atoms with van der Waals surface area (Å²) < 4.78 is 21.1. The van der Waals surface area contributed by atoms with E-state index in [1.165, 1.54) is 28.4 Å². The molecule has 0 radical (unpaired) electrons. The molecule has 6 nitrogen and oxygen atoms in total. The van der Waals surface area contributed by atoms with Crippen molar-refractivity contribution >= 4 is 23.2 Å². The lowest BCUT2D eigenvalue weighted by Crippen LogP contribution is -2.27. The summed E-state index contributed by atoms with van der Waals surface area (Å²) in [7, 11) is 6.07. The van der Waals surface area contributed by atoms with Crippen molar-refractivity contribution in [3.05, 3.63) is 45.4 Å². The highest BCUT2D eigenvalue weighted by atomic mass is 35.5. The predicted molar refractivity (Wildman–Crippen MR) is 103 cm³/mol. The molecule has 2 aromatic rings. The Kier molecular flexibility index (Phi) is 6.83. The summed E-state index contributed by atoms with van der Waals surface area (Å²) >= 11 is 12.9. The first-order valence-corrected chi connectivity index (χ1v) is 8.48. The van der Waals surface area contributed by atoms with Crippen LogP contribution in [0.15, 0.2) is 24.3 Å². The summed E-state index contributed by atoms with van der Waals surface area (Å²) in [6.07, 6.45) is 0. The predicted octanol–water partition coefficient (Wildman–Crippen LogP) is 3.73. The van der Waals surface area contributed by atoms with E-state index >= 15 is 0 Å². The molecular formula is C18H22Cl2N2O4. The van der Waals surface area contributed by atoms with E-state index < -0.39 is 12.1 Å². The second-order valence-corrected chi connectivity index (χ2v) is 6.22. The first-order valence-electron chi connectivity index (χ1n) is 7.73. The molecule has 0 fully saturated rings. The Balaban J connectivity index is 2.47. The second-order valence-electron chi connectivity index (χ2n) is 5.46. The standard InChI is InChI=1S/C18H22Cl2N2O4/c1-23-11-7-5-9(13(19)17(11)25-3)15(21)16(22)10-6-8-12(24-2)18(26-4)14(10)20/h5-8,15-16H,21-22H2,1-4H3. The minimum Gasteiger partial charge on any atom is -0.493 e. The maximum absolute atomic E-state index is 6.45. The minimum atomic E-state index is -0.641. The molecule has 8 heteroatoms. The first-order chi connectivity index (χ1) is 12.4. The molecule has 0 amide bonds. The lowest BCUT2D eigenvalue weighted by molar-refractivity contribution is 0.353. The number of methoxy groups -OCH3 is 4. The highest BCUT2D eigenvalue weighted by Gasteiger charge is 2.26. The number of rotatable bonds is 7. The van der Waals surface area contributed by atoms with Gasteiger partial charge >= 0.3 is 0 Å². The summed E-state index contributed by atoms with van der Waals surface area (Å²) in [4.78, 5) is 0. The lowest BCUT2D eigenvalue weighted by atomic mass is 9.94. The van der Waals surface area contributed by atoms with Gasteiger partial charge < -0.3 is 30.4 Å². The van der Waals surface area contributed by atoms with Gasteiger partial charge in [-0.2, -0.15) is 0 Å². The SMILES string of the molecule is COc1ccc(C(N)C(N)c2ccc(OC)c(OC)c2Cl)c(Cl)c1OC. The third-order valence-electron chi connectivity index (χ3n) is 4.13. The fourth-order valence-corrected chi connectivity index (χ4v) is 3.43. The van der Waals surface area contributed by atoms with Crippen LogP contribution in [-0.2, 0) is 0 Å². The number of nitrogens with two attached hydrogens (primary N) is 2. The molecule has 0 bridgehead atoms. The van der Waals surface area contributed by atoms with Gasteiger partial charge in [-0.05, 0) is 23.3 Å². The van der Waals surface area contributed by atoms with Crippen LogP contribution in [0.4, 0.5) is 0 Å². The van der Waals surface area contributed by atoms with Crippen LogP contribution < -0.4 is 30.4 Å². The van der Waals surface area contributed by atoms with Crippen molar-refractivity contribution < 1.29 is 18.9 Å². The van der Waals surface area contributed by atoms with Crippen molar-refractivity contribution in [2.24, 2.45) is 11.5 Å². The Morgan fingerprint density at radius 1 is 0.654 bits per heavy atom. The average molecular weight is 401 g/mol. The van der Waals surface area contributed by atoms with Crippen molar-refractivity contribution in [2.75, 3.05) is 28.4 Å². The minimum absolute atomic E-state index is 0.339. The van der Waals surface area contributed by atoms with E-state index in [1.807, 2.05) is 0 Å². The summed E-state index contributed by atoms with van der Waals surface area (Å²) in [5.41, 5.74) is 14.0. The van der Waals surface area contributed by atoms with E-state index in [-0.39, 0.29) is 0 Å². The van der Waals surface area contributed by atoms with Gasteiger partial charge in [0.2, 0.25) is 0 Å². The topological polar surface area (TPSA) is 89.0 Å². The average Bonchev–Trinajstić information content (AvgIpc) is 2.66. The van der Waals surface area contributed by atoms with Crippen LogP contribution in [0, 0.1) is 0 Å². The fraction of sp³-hybridized carbons (Fsp3) is 0.333. The van der Waals surface area contributed by atoms with Crippen molar-refractivity contribution in [1.82, 2.24) is 0 Å². The molecule has 4 N–H and O–H groups in total. The molecule has 0 aliphatic rings. The zero-order chi connectivity index (χ0) is 19.4. The summed E-state index contributed by atoms with van der Waals surface area (Å²) in [5.74, 6) is 1.80. The molecule has 0 aromatic heterocycles. The number of halogens is 2. The Morgan fingerprint density at radius 3 is 1.27 bits per heavy atom. The number of ether oxygens (including phenoxy) is 4. The fourth-order valence-electron chi connectivity index (χ4n) is 2.71. The lowest BCUT2D eigenvalue weighted by Gasteiger charge is -2.25. The summed E-state index contributed by atoms with van der Waals surface area (Å²) in [5, 5.41) is 0.679. The second kappa shape index (κ2) is 8.68. The monoisotopic (exact) mass is 400 g/mol. The van der Waals surface area contributed by atoms with Gasteiger partial charge in [-0.25, -0.2) is 0 Å². The van der Waals surface area contributed by atoms with E-state index in [9.17, 15) is 0 Å². The highest BCUT2D eigenvalue weighted by Crippen LogP contribution is 2.44. The Labute approximate surface area is 162 Å². The number of benzene rings is 2. The van der Waals surface area contributed by atoms with E-state index in [4.69, 9.17) is 53.6 Å². The summed E-state index contributed by atoms with van der Waals surface area (Å²) in [6, 6.07) is 5.67. The Hall–Kier alpha value is -1.86. The molecule has 0 heterocycles. The van der Waals surface area contributed by atoms with E-state index in [2.05, 4.69) is 0 Å². The molecule has 142 valence electrons. The zero-order valence-corrected chi connectivity index (χ0v) is 16.5. The molecule has 2 unspecified atom stereocenters. The molecule has 0 saturated carbocycles. The van der Waals surface area contributed by atoms with E-state index in [1.54, 1.807) is 24.3 Å². The molecule has 2 rings (SSSR count). The maximum atomic E-state index is 6.45. The van der Waals surface area contributed by atoms with Gasteiger partial charge in [0.05, 0.1) is 50.6 Å². The van der Waals surface area contributed by atoms with Gasteiger partial charge in [0, 0.05) is 0 Å². The highest BCUT2D eigenvalue weighted by molar-refractivity contribution is 6.33. The number of hydrogen-bond donors (Lipinski definition) is 2. The largest absolute Gasteiger partial charge is 0.493 e. The molecule has 0 saturated heterocycles. The van der Waals surface area contributed by atoms with Crippen LogP contribution in [0.3, 0.4) is 0 Å². The molecule has 2 atom stereocenters. The van der Waals surface area contributed by atoms with Gasteiger partial charge in [-0.15, -0.1) is 0 Å². The van der Waals surface area contributed by atoms with Crippen molar-refractivity contribution in [2.45, 2.75) is 12.1 Å². The van der Waals surface area contributed by atoms with Crippen LogP contribution in [0.25, 0.3) is 0 Å². The maximum Gasteiger partial charge on any atom is 0.179 e. The molecule has 2 aromatic carbocycles. The quantitative estimate of drug-likeness (QED) is 0.735. The van der Waals surface area contributed by atoms with Gasteiger partial charge in [0.15, 0.2) is 23.0 Å². The van der Waals surface area contributed by atoms with Gasteiger partial charge in [0.1, 0.15) is 0 Å². The van der Waals surface area contributed by atoms with Crippen LogP contribution >= 0.6 is 23.2 Å². The van der Waals surface area contributed by atoms with Crippen LogP contribution in [0.1, 0.15) is 23.2 Å². The van der Waals surface area contributed by atoms with E-state index in [0.29, 0.717) is 44.2 Å². The smallest absolute Gasteiger partial charge is 0.179 e.